The molecule has 2 aromatic heterocycles. The minimum absolute atomic E-state index is 0.152. The lowest BCUT2D eigenvalue weighted by Crippen LogP contribution is -2.18. The Labute approximate surface area is 190 Å². The lowest BCUT2D eigenvalue weighted by Gasteiger charge is -2.23. The fraction of sp³-hybridized carbons (Fsp3) is 0.208. The van der Waals surface area contributed by atoms with Crippen LogP contribution in [0.3, 0.4) is 0 Å². The molecule has 0 saturated heterocycles. The van der Waals surface area contributed by atoms with Gasteiger partial charge in [-0.2, -0.15) is 4.98 Å². The third-order valence-corrected chi connectivity index (χ3v) is 6.36. The summed E-state index contributed by atoms with van der Waals surface area (Å²) in [4.78, 5) is 25.1. The molecule has 0 fully saturated rings. The van der Waals surface area contributed by atoms with Crippen LogP contribution in [0.25, 0.3) is 10.2 Å². The van der Waals surface area contributed by atoms with Crippen LogP contribution >= 0.6 is 22.9 Å². The summed E-state index contributed by atoms with van der Waals surface area (Å²) in [5.41, 5.74) is 3.91. The summed E-state index contributed by atoms with van der Waals surface area (Å²) in [6, 6.07) is 17.8. The fourth-order valence-corrected chi connectivity index (χ4v) is 4.81. The van der Waals surface area contributed by atoms with Crippen LogP contribution in [0.4, 0.5) is 11.5 Å². The second kappa shape index (κ2) is 9.04. The van der Waals surface area contributed by atoms with Gasteiger partial charge in [0.1, 0.15) is 22.1 Å². The van der Waals surface area contributed by atoms with Gasteiger partial charge in [0, 0.05) is 12.2 Å². The number of nitrogens with zero attached hydrogens (tertiary/aromatic N) is 3. The van der Waals surface area contributed by atoms with Gasteiger partial charge in [0.25, 0.3) is 0 Å². The van der Waals surface area contributed by atoms with Crippen molar-refractivity contribution >= 4 is 50.6 Å². The van der Waals surface area contributed by atoms with Crippen LogP contribution in [-0.4, -0.2) is 22.5 Å². The molecule has 0 aliphatic carbocycles. The number of ether oxygens (including phenoxy) is 1. The van der Waals surface area contributed by atoms with Crippen LogP contribution in [0.1, 0.15) is 33.3 Å². The van der Waals surface area contributed by atoms with Crippen molar-refractivity contribution in [2.24, 2.45) is 0 Å². The molecule has 158 valence electrons. The van der Waals surface area contributed by atoms with Crippen LogP contribution in [0.5, 0.6) is 0 Å². The summed E-state index contributed by atoms with van der Waals surface area (Å²) in [6.45, 7) is 6.92. The van der Waals surface area contributed by atoms with E-state index in [-0.39, 0.29) is 17.9 Å². The summed E-state index contributed by atoms with van der Waals surface area (Å²) in [6.07, 6.45) is 0. The Morgan fingerprint density at radius 2 is 1.87 bits per heavy atom. The van der Waals surface area contributed by atoms with Crippen molar-refractivity contribution in [3.8, 4) is 0 Å². The zero-order chi connectivity index (χ0) is 22.0. The molecule has 0 aliphatic rings. The van der Waals surface area contributed by atoms with Crippen molar-refractivity contribution in [2.45, 2.75) is 27.4 Å². The molecular formula is C24H22ClN3O2S. The number of rotatable bonds is 6. The molecule has 0 unspecified atom stereocenters. The van der Waals surface area contributed by atoms with Gasteiger partial charge in [-0.3, -0.25) is 0 Å². The van der Waals surface area contributed by atoms with E-state index < -0.39 is 0 Å². The minimum Gasteiger partial charge on any atom is -0.457 e. The first-order chi connectivity index (χ1) is 15.0. The number of benzene rings is 2. The number of esters is 1. The van der Waals surface area contributed by atoms with Gasteiger partial charge in [0.05, 0.1) is 5.39 Å². The Kier molecular flexibility index (Phi) is 6.20. The topological polar surface area (TPSA) is 55.3 Å². The SMILES string of the molecule is CCN(c1cccc(C)c1)c1nc(Cl)nc2sc(C(=O)OCc3ccccc3)c(C)c12. The standard InChI is InChI=1S/C24H22ClN3O2S/c1-4-28(18-12-8-9-15(2)13-18)21-19-16(3)20(31-22(19)27-24(25)26-21)23(29)30-14-17-10-6-5-7-11-17/h5-13H,4,14H2,1-3H3. The predicted molar refractivity (Wildman–Crippen MR) is 127 cm³/mol. The highest BCUT2D eigenvalue weighted by Crippen LogP contribution is 2.39. The molecule has 5 nitrogen and oxygen atoms in total. The van der Waals surface area contributed by atoms with Crippen LogP contribution in [0.2, 0.25) is 5.28 Å². The molecule has 4 aromatic rings. The number of thiophene rings is 1. The number of carbonyl (C=O) groups is 1. The second-order valence-electron chi connectivity index (χ2n) is 7.20. The van der Waals surface area contributed by atoms with E-state index >= 15 is 0 Å². The predicted octanol–water partition coefficient (Wildman–Crippen LogP) is 6.48. The van der Waals surface area contributed by atoms with E-state index in [4.69, 9.17) is 16.3 Å². The molecule has 0 bridgehead atoms. The average molecular weight is 452 g/mol. The van der Waals surface area contributed by atoms with Gasteiger partial charge in [-0.1, -0.05) is 42.5 Å². The number of hydrogen-bond donors (Lipinski definition) is 0. The first kappa shape index (κ1) is 21.3. The fourth-order valence-electron chi connectivity index (χ4n) is 3.52. The second-order valence-corrected chi connectivity index (χ2v) is 8.53. The molecule has 31 heavy (non-hydrogen) atoms. The highest BCUT2D eigenvalue weighted by atomic mass is 35.5. The molecule has 0 radical (unpaired) electrons. The van der Waals surface area contributed by atoms with Crippen molar-refractivity contribution in [3.63, 3.8) is 0 Å². The maximum absolute atomic E-state index is 12.9. The van der Waals surface area contributed by atoms with Gasteiger partial charge in [0.15, 0.2) is 0 Å². The van der Waals surface area contributed by atoms with Crippen molar-refractivity contribution in [3.05, 3.63) is 81.4 Å². The normalized spacial score (nSPS) is 11.0. The molecule has 0 amide bonds. The number of hydrogen-bond acceptors (Lipinski definition) is 6. The zero-order valence-electron chi connectivity index (χ0n) is 17.6. The first-order valence-electron chi connectivity index (χ1n) is 9.99. The minimum atomic E-state index is -0.370. The largest absolute Gasteiger partial charge is 0.457 e. The van der Waals surface area contributed by atoms with Crippen molar-refractivity contribution < 1.29 is 9.53 Å². The Bertz CT molecular complexity index is 1240. The van der Waals surface area contributed by atoms with E-state index in [0.29, 0.717) is 22.1 Å². The molecule has 0 aliphatic heterocycles. The third kappa shape index (κ3) is 4.40. The molecule has 2 heterocycles. The summed E-state index contributed by atoms with van der Waals surface area (Å²) >= 11 is 7.55. The lowest BCUT2D eigenvalue weighted by atomic mass is 10.1. The molecule has 4 rings (SSSR count). The smallest absolute Gasteiger partial charge is 0.349 e. The Balaban J connectivity index is 1.74. The van der Waals surface area contributed by atoms with E-state index in [0.717, 1.165) is 27.8 Å². The number of fused-ring (bicyclic) bond motifs is 1. The highest BCUT2D eigenvalue weighted by Gasteiger charge is 2.24. The molecule has 2 aromatic carbocycles. The summed E-state index contributed by atoms with van der Waals surface area (Å²) < 4.78 is 5.56. The van der Waals surface area contributed by atoms with Gasteiger partial charge in [-0.15, -0.1) is 11.3 Å². The Hall–Kier alpha value is -2.96. The van der Waals surface area contributed by atoms with Crippen LogP contribution in [0.15, 0.2) is 54.6 Å². The van der Waals surface area contributed by atoms with Gasteiger partial charge in [0.2, 0.25) is 5.28 Å². The van der Waals surface area contributed by atoms with Gasteiger partial charge >= 0.3 is 5.97 Å². The summed E-state index contributed by atoms with van der Waals surface area (Å²) in [5, 5.41) is 0.975. The maximum Gasteiger partial charge on any atom is 0.349 e. The van der Waals surface area contributed by atoms with E-state index in [1.807, 2.05) is 49.4 Å². The van der Waals surface area contributed by atoms with Crippen molar-refractivity contribution in [1.82, 2.24) is 9.97 Å². The Morgan fingerprint density at radius 3 is 2.58 bits per heavy atom. The Morgan fingerprint density at radius 1 is 1.10 bits per heavy atom. The molecule has 0 atom stereocenters. The molecule has 0 N–H and O–H groups in total. The van der Waals surface area contributed by atoms with E-state index in [2.05, 4.69) is 40.8 Å². The monoisotopic (exact) mass is 451 g/mol. The quantitative estimate of drug-likeness (QED) is 0.248. The molecule has 0 spiro atoms. The third-order valence-electron chi connectivity index (χ3n) is 5.03. The summed E-state index contributed by atoms with van der Waals surface area (Å²) in [7, 11) is 0. The lowest BCUT2D eigenvalue weighted by molar-refractivity contribution is 0.0478. The molecule has 7 heteroatoms. The zero-order valence-corrected chi connectivity index (χ0v) is 19.1. The summed E-state index contributed by atoms with van der Waals surface area (Å²) in [5.74, 6) is 0.323. The highest BCUT2D eigenvalue weighted by molar-refractivity contribution is 7.20. The van der Waals surface area contributed by atoms with Gasteiger partial charge < -0.3 is 9.64 Å². The number of aryl methyl sites for hydroxylation is 2. The number of anilines is 2. The van der Waals surface area contributed by atoms with Crippen LogP contribution < -0.4 is 4.90 Å². The van der Waals surface area contributed by atoms with Crippen molar-refractivity contribution in [2.75, 3.05) is 11.4 Å². The molecule has 0 saturated carbocycles. The van der Waals surface area contributed by atoms with Gasteiger partial charge in [-0.05, 0) is 61.2 Å². The maximum atomic E-state index is 12.9. The average Bonchev–Trinajstić information content (AvgIpc) is 3.09. The number of aromatic nitrogens is 2. The van der Waals surface area contributed by atoms with Crippen molar-refractivity contribution in [1.29, 1.82) is 0 Å². The number of halogens is 1. The van der Waals surface area contributed by atoms with Crippen LogP contribution in [-0.2, 0) is 11.3 Å². The molecular weight excluding hydrogens is 430 g/mol. The first-order valence-corrected chi connectivity index (χ1v) is 11.2. The van der Waals surface area contributed by atoms with Crippen LogP contribution in [0, 0.1) is 13.8 Å². The van der Waals surface area contributed by atoms with E-state index in [1.165, 1.54) is 11.3 Å². The number of carbonyl (C=O) groups excluding carboxylic acids is 1. The van der Waals surface area contributed by atoms with E-state index in [9.17, 15) is 4.79 Å². The van der Waals surface area contributed by atoms with Gasteiger partial charge in [-0.25, -0.2) is 9.78 Å². The van der Waals surface area contributed by atoms with E-state index in [1.54, 1.807) is 0 Å².